The summed E-state index contributed by atoms with van der Waals surface area (Å²) >= 11 is 0. The van der Waals surface area contributed by atoms with Gasteiger partial charge in [-0.3, -0.25) is 14.1 Å². The van der Waals surface area contributed by atoms with E-state index >= 15 is 0 Å². The highest BCUT2D eigenvalue weighted by molar-refractivity contribution is 7.85. The standard InChI is InChI=1S/C55H102O12S/c1-3-5-7-9-11-13-15-17-19-21-23-24-26-28-30-32-34-36-38-40-42-44-51(57)66-48(46-65-55-54(60)53(59)52(58)49(67-55)47-68(61,62)63)45-64-50(56)43-41-39-37-35-33-31-29-27-25-22-20-18-16-14-12-10-8-6-4-2/h15,17,21,23,48-49,52-55,58-60H,3-14,16,18-20,22,24-47H2,1-2H3,(H,61,62,63)/b17-15-,23-21-. The van der Waals surface area contributed by atoms with Crippen molar-refractivity contribution in [2.45, 2.75) is 295 Å². The normalized spacial score (nSPS) is 19.3. The number of aliphatic hydroxyl groups is 3. The molecule has 0 aromatic heterocycles. The maximum Gasteiger partial charge on any atom is 0.306 e. The summed E-state index contributed by atoms with van der Waals surface area (Å²) in [5, 5.41) is 31.0. The number of unbranched alkanes of at least 4 members (excludes halogenated alkanes) is 32. The van der Waals surface area contributed by atoms with E-state index in [2.05, 4.69) is 38.2 Å². The van der Waals surface area contributed by atoms with Crippen LogP contribution in [-0.2, 0) is 38.7 Å². The Morgan fingerprint density at radius 2 is 0.882 bits per heavy atom. The third-order valence-corrected chi connectivity index (χ3v) is 13.8. The van der Waals surface area contributed by atoms with Gasteiger partial charge in [-0.25, -0.2) is 0 Å². The molecule has 1 aliphatic rings. The van der Waals surface area contributed by atoms with Gasteiger partial charge in [0.1, 0.15) is 36.8 Å². The second-order valence-corrected chi connectivity index (χ2v) is 21.1. The van der Waals surface area contributed by atoms with Gasteiger partial charge >= 0.3 is 11.9 Å². The Kier molecular flexibility index (Phi) is 42.5. The number of rotatable bonds is 48. The smallest absolute Gasteiger partial charge is 0.306 e. The maximum absolute atomic E-state index is 12.9. The van der Waals surface area contributed by atoms with Gasteiger partial charge in [-0.05, 0) is 44.9 Å². The van der Waals surface area contributed by atoms with Gasteiger partial charge in [-0.2, -0.15) is 8.42 Å². The average molecular weight is 987 g/mol. The molecule has 13 heteroatoms. The molecule has 12 nitrogen and oxygen atoms in total. The molecular weight excluding hydrogens is 885 g/mol. The molecule has 6 atom stereocenters. The highest BCUT2D eigenvalue weighted by atomic mass is 32.2. The number of aliphatic hydroxyl groups excluding tert-OH is 3. The molecule has 1 saturated heterocycles. The van der Waals surface area contributed by atoms with Crippen molar-refractivity contribution in [2.24, 2.45) is 0 Å². The summed E-state index contributed by atoms with van der Waals surface area (Å²) in [5.41, 5.74) is 0. The number of allylic oxidation sites excluding steroid dienone is 4. The summed E-state index contributed by atoms with van der Waals surface area (Å²) in [7, 11) is -4.61. The molecule has 6 unspecified atom stereocenters. The van der Waals surface area contributed by atoms with Gasteiger partial charge < -0.3 is 34.3 Å². The third kappa shape index (κ3) is 38.8. The zero-order valence-corrected chi connectivity index (χ0v) is 44.0. The van der Waals surface area contributed by atoms with Crippen molar-refractivity contribution in [2.75, 3.05) is 19.0 Å². The number of hydrogen-bond donors (Lipinski definition) is 4. The number of carbonyl (C=O) groups is 2. The SMILES string of the molecule is CCCCCCC/C=C\C/C=C\CCCCCCCCCCCC(=O)OC(COC(=O)CCCCCCCCCCCCCCCCCCCCC)COC1OC(CS(=O)(=O)O)C(O)C(O)C1O. The summed E-state index contributed by atoms with van der Waals surface area (Å²) in [6, 6.07) is 0. The Bertz CT molecular complexity index is 1340. The van der Waals surface area contributed by atoms with Crippen molar-refractivity contribution >= 4 is 22.1 Å². The molecular formula is C55H102O12S. The largest absolute Gasteiger partial charge is 0.462 e. The Hall–Kier alpha value is -1.87. The monoisotopic (exact) mass is 987 g/mol. The van der Waals surface area contributed by atoms with Crippen molar-refractivity contribution < 1.29 is 56.8 Å². The van der Waals surface area contributed by atoms with Gasteiger partial charge in [0, 0.05) is 12.8 Å². The van der Waals surface area contributed by atoms with Gasteiger partial charge in [0.2, 0.25) is 0 Å². The van der Waals surface area contributed by atoms with Gasteiger partial charge in [0.05, 0.1) is 6.61 Å². The van der Waals surface area contributed by atoms with Gasteiger partial charge in [0.25, 0.3) is 10.1 Å². The lowest BCUT2D eigenvalue weighted by Crippen LogP contribution is -2.60. The molecule has 1 aliphatic heterocycles. The second kappa shape index (κ2) is 45.0. The third-order valence-electron chi connectivity index (χ3n) is 13.0. The Morgan fingerprint density at radius 1 is 0.500 bits per heavy atom. The number of hydrogen-bond acceptors (Lipinski definition) is 11. The van der Waals surface area contributed by atoms with Crippen molar-refractivity contribution in [3.63, 3.8) is 0 Å². The lowest BCUT2D eigenvalue weighted by Gasteiger charge is -2.40. The molecule has 1 rings (SSSR count). The van der Waals surface area contributed by atoms with E-state index in [-0.39, 0.29) is 19.4 Å². The van der Waals surface area contributed by atoms with Crippen molar-refractivity contribution in [3.05, 3.63) is 24.3 Å². The first kappa shape index (κ1) is 64.1. The number of ether oxygens (including phenoxy) is 4. The highest BCUT2D eigenvalue weighted by Gasteiger charge is 2.46. The van der Waals surface area contributed by atoms with E-state index in [0.717, 1.165) is 51.4 Å². The van der Waals surface area contributed by atoms with Crippen LogP contribution < -0.4 is 0 Å². The van der Waals surface area contributed by atoms with E-state index < -0.39 is 71.2 Å². The summed E-state index contributed by atoms with van der Waals surface area (Å²) in [5.74, 6) is -1.97. The van der Waals surface area contributed by atoms with E-state index in [1.54, 1.807) is 0 Å². The summed E-state index contributed by atoms with van der Waals surface area (Å²) in [6.07, 6.45) is 43.6. The van der Waals surface area contributed by atoms with Gasteiger partial charge in [-0.15, -0.1) is 0 Å². The van der Waals surface area contributed by atoms with Gasteiger partial charge in [-0.1, -0.05) is 224 Å². The van der Waals surface area contributed by atoms with Crippen LogP contribution >= 0.6 is 0 Å². The molecule has 1 fully saturated rings. The molecule has 0 radical (unpaired) electrons. The van der Waals surface area contributed by atoms with Crippen LogP contribution in [0.25, 0.3) is 0 Å². The first-order valence-corrected chi connectivity index (χ1v) is 29.5. The fourth-order valence-corrected chi connectivity index (χ4v) is 9.40. The van der Waals surface area contributed by atoms with E-state index in [1.807, 2.05) is 0 Å². The molecule has 0 bridgehead atoms. The molecule has 1 heterocycles. The van der Waals surface area contributed by atoms with Crippen LogP contribution in [0.2, 0.25) is 0 Å². The molecule has 0 aromatic rings. The Morgan fingerprint density at radius 3 is 1.29 bits per heavy atom. The topological polar surface area (TPSA) is 186 Å². The first-order chi connectivity index (χ1) is 33.0. The molecule has 0 amide bonds. The predicted molar refractivity (Wildman–Crippen MR) is 275 cm³/mol. The quantitative estimate of drug-likeness (QED) is 0.0196. The maximum atomic E-state index is 12.9. The van der Waals surface area contributed by atoms with Crippen LogP contribution in [0.3, 0.4) is 0 Å². The number of esters is 2. The Labute approximate surface area is 415 Å². The van der Waals surface area contributed by atoms with E-state index in [1.165, 1.54) is 167 Å². The van der Waals surface area contributed by atoms with E-state index in [0.29, 0.717) is 12.8 Å². The minimum atomic E-state index is -4.61. The van der Waals surface area contributed by atoms with E-state index in [9.17, 15) is 37.9 Å². The molecule has 0 aliphatic carbocycles. The molecule has 0 spiro atoms. The lowest BCUT2D eigenvalue weighted by atomic mass is 10.00. The van der Waals surface area contributed by atoms with Crippen LogP contribution in [0.1, 0.15) is 258 Å². The molecule has 4 N–H and O–H groups in total. The first-order valence-electron chi connectivity index (χ1n) is 27.9. The molecule has 400 valence electrons. The van der Waals surface area contributed by atoms with Crippen LogP contribution in [0.15, 0.2) is 24.3 Å². The average Bonchev–Trinajstić information content (AvgIpc) is 3.31. The second-order valence-electron chi connectivity index (χ2n) is 19.6. The molecule has 0 aromatic carbocycles. The summed E-state index contributed by atoms with van der Waals surface area (Å²) in [4.78, 5) is 25.6. The lowest BCUT2D eigenvalue weighted by molar-refractivity contribution is -0.297. The van der Waals surface area contributed by atoms with Crippen LogP contribution in [0, 0.1) is 0 Å². The minimum absolute atomic E-state index is 0.163. The fourth-order valence-electron chi connectivity index (χ4n) is 8.71. The van der Waals surface area contributed by atoms with E-state index in [4.69, 9.17) is 18.9 Å². The van der Waals surface area contributed by atoms with Crippen LogP contribution in [0.5, 0.6) is 0 Å². The summed E-state index contributed by atoms with van der Waals surface area (Å²) in [6.45, 7) is 3.80. The van der Waals surface area contributed by atoms with Crippen LogP contribution in [0.4, 0.5) is 0 Å². The van der Waals surface area contributed by atoms with Gasteiger partial charge in [0.15, 0.2) is 12.4 Å². The predicted octanol–water partition coefficient (Wildman–Crippen LogP) is 13.1. The van der Waals surface area contributed by atoms with Crippen molar-refractivity contribution in [1.82, 2.24) is 0 Å². The van der Waals surface area contributed by atoms with Crippen LogP contribution in [-0.4, -0.2) is 96.0 Å². The fraction of sp³-hybridized carbons (Fsp3) is 0.891. The molecule has 68 heavy (non-hydrogen) atoms. The molecule has 0 saturated carbocycles. The zero-order valence-electron chi connectivity index (χ0n) is 43.2. The van der Waals surface area contributed by atoms with Crippen molar-refractivity contribution in [1.29, 1.82) is 0 Å². The minimum Gasteiger partial charge on any atom is -0.462 e. The number of carbonyl (C=O) groups excluding carboxylic acids is 2. The zero-order chi connectivity index (χ0) is 49.8. The summed E-state index contributed by atoms with van der Waals surface area (Å²) < 4.78 is 54.4. The highest BCUT2D eigenvalue weighted by Crippen LogP contribution is 2.24. The Balaban J connectivity index is 2.33. The van der Waals surface area contributed by atoms with Crippen molar-refractivity contribution in [3.8, 4) is 0 Å².